The maximum absolute atomic E-state index is 13.7. The Hall–Kier alpha value is -1.07. The Morgan fingerprint density at radius 1 is 1.37 bits per heavy atom. The second-order valence-electron chi connectivity index (χ2n) is 5.14. The Labute approximate surface area is 118 Å². The minimum absolute atomic E-state index is 0.0393. The van der Waals surface area contributed by atoms with Crippen molar-refractivity contribution in [2.24, 2.45) is 0 Å². The number of piperidine rings is 1. The van der Waals surface area contributed by atoms with Crippen LogP contribution in [0.3, 0.4) is 0 Å². The summed E-state index contributed by atoms with van der Waals surface area (Å²) in [6, 6.07) is 4.79. The Kier molecular flexibility index (Phi) is 4.47. The normalized spacial score (nSPS) is 24.2. The molecule has 0 radical (unpaired) electrons. The van der Waals surface area contributed by atoms with Crippen LogP contribution in [0.2, 0.25) is 0 Å². The largest absolute Gasteiger partial charge is 0.284 e. The SMILES string of the molecule is CC1CCCC(C)N1NC(=O)c1cc(S)ccc1F. The van der Waals surface area contributed by atoms with E-state index in [1.165, 1.54) is 18.2 Å². The number of benzene rings is 1. The van der Waals surface area contributed by atoms with Gasteiger partial charge in [0.05, 0.1) is 5.56 Å². The minimum Gasteiger partial charge on any atom is -0.284 e. The van der Waals surface area contributed by atoms with Gasteiger partial charge < -0.3 is 0 Å². The fraction of sp³-hybridized carbons (Fsp3) is 0.500. The number of hydrazine groups is 1. The van der Waals surface area contributed by atoms with E-state index >= 15 is 0 Å². The number of hydrogen-bond donors (Lipinski definition) is 2. The van der Waals surface area contributed by atoms with Gasteiger partial charge in [0.2, 0.25) is 0 Å². The van der Waals surface area contributed by atoms with Crippen molar-refractivity contribution in [2.45, 2.75) is 50.1 Å². The first-order chi connectivity index (χ1) is 8.99. The van der Waals surface area contributed by atoms with Crippen LogP contribution in [-0.2, 0) is 0 Å². The lowest BCUT2D eigenvalue weighted by molar-refractivity contribution is 0.0367. The van der Waals surface area contributed by atoms with Gasteiger partial charge in [0, 0.05) is 17.0 Å². The number of carbonyl (C=O) groups is 1. The smallest absolute Gasteiger partial charge is 0.268 e. The summed E-state index contributed by atoms with van der Waals surface area (Å²) in [5, 5.41) is 1.93. The number of thiol groups is 1. The van der Waals surface area contributed by atoms with Gasteiger partial charge in [-0.05, 0) is 44.9 Å². The number of nitrogens with one attached hydrogen (secondary N) is 1. The monoisotopic (exact) mass is 282 g/mol. The lowest BCUT2D eigenvalue weighted by atomic mass is 10.00. The van der Waals surface area contributed by atoms with E-state index in [9.17, 15) is 9.18 Å². The van der Waals surface area contributed by atoms with E-state index in [-0.39, 0.29) is 17.6 Å². The molecule has 2 rings (SSSR count). The highest BCUT2D eigenvalue weighted by atomic mass is 32.1. The molecule has 1 heterocycles. The van der Waals surface area contributed by atoms with E-state index in [1.807, 2.05) is 5.01 Å². The summed E-state index contributed by atoms with van der Waals surface area (Å²) in [6.45, 7) is 4.14. The summed E-state index contributed by atoms with van der Waals surface area (Å²) in [5.41, 5.74) is 2.86. The van der Waals surface area contributed by atoms with Gasteiger partial charge in [-0.2, -0.15) is 0 Å². The lowest BCUT2D eigenvalue weighted by Gasteiger charge is -2.38. The average Bonchev–Trinajstić information content (AvgIpc) is 2.37. The summed E-state index contributed by atoms with van der Waals surface area (Å²) >= 11 is 4.14. The van der Waals surface area contributed by atoms with Crippen molar-refractivity contribution in [3.05, 3.63) is 29.6 Å². The molecule has 1 saturated heterocycles. The first-order valence-electron chi connectivity index (χ1n) is 6.57. The van der Waals surface area contributed by atoms with Crippen LogP contribution in [0.1, 0.15) is 43.5 Å². The molecule has 2 atom stereocenters. The fourth-order valence-corrected chi connectivity index (χ4v) is 2.71. The summed E-state index contributed by atoms with van der Waals surface area (Å²) in [6.07, 6.45) is 3.24. The Morgan fingerprint density at radius 3 is 2.63 bits per heavy atom. The molecule has 0 saturated carbocycles. The Morgan fingerprint density at radius 2 is 2.00 bits per heavy atom. The molecule has 1 aromatic rings. The summed E-state index contributed by atoms with van der Waals surface area (Å²) in [4.78, 5) is 12.7. The maximum Gasteiger partial charge on any atom is 0.268 e. The molecular weight excluding hydrogens is 263 g/mol. The van der Waals surface area contributed by atoms with Gasteiger partial charge in [-0.25, -0.2) is 9.40 Å². The second-order valence-corrected chi connectivity index (χ2v) is 5.66. The first-order valence-corrected chi connectivity index (χ1v) is 7.01. The molecule has 19 heavy (non-hydrogen) atoms. The average molecular weight is 282 g/mol. The van der Waals surface area contributed by atoms with E-state index < -0.39 is 11.7 Å². The van der Waals surface area contributed by atoms with Gasteiger partial charge in [0.25, 0.3) is 5.91 Å². The summed E-state index contributed by atoms with van der Waals surface area (Å²) in [7, 11) is 0. The molecule has 1 N–H and O–H groups in total. The molecule has 1 fully saturated rings. The molecule has 1 aromatic carbocycles. The quantitative estimate of drug-likeness (QED) is 0.817. The molecule has 0 bridgehead atoms. The van der Waals surface area contributed by atoms with E-state index in [2.05, 4.69) is 31.9 Å². The Balaban J connectivity index is 2.14. The second kappa shape index (κ2) is 5.92. The summed E-state index contributed by atoms with van der Waals surface area (Å²) in [5.74, 6) is -0.929. The highest BCUT2D eigenvalue weighted by Crippen LogP contribution is 2.21. The van der Waals surface area contributed by atoms with Crippen molar-refractivity contribution in [1.29, 1.82) is 0 Å². The molecule has 1 amide bonds. The maximum atomic E-state index is 13.7. The van der Waals surface area contributed by atoms with Crippen molar-refractivity contribution in [3.8, 4) is 0 Å². The topological polar surface area (TPSA) is 32.3 Å². The molecule has 3 nitrogen and oxygen atoms in total. The summed E-state index contributed by atoms with van der Waals surface area (Å²) < 4.78 is 13.7. The fourth-order valence-electron chi connectivity index (χ4n) is 2.51. The highest BCUT2D eigenvalue weighted by molar-refractivity contribution is 7.80. The predicted octanol–water partition coefficient (Wildman–Crippen LogP) is 3.02. The lowest BCUT2D eigenvalue weighted by Crippen LogP contribution is -2.54. The Bertz CT molecular complexity index is 471. The third kappa shape index (κ3) is 3.28. The molecule has 0 aromatic heterocycles. The van der Waals surface area contributed by atoms with Crippen LogP contribution in [0.25, 0.3) is 0 Å². The van der Waals surface area contributed by atoms with Crippen molar-refractivity contribution in [2.75, 3.05) is 0 Å². The third-order valence-corrected chi connectivity index (χ3v) is 3.90. The number of carbonyl (C=O) groups excluding carboxylic acids is 1. The van der Waals surface area contributed by atoms with Crippen LogP contribution >= 0.6 is 12.6 Å². The van der Waals surface area contributed by atoms with Gasteiger partial charge >= 0.3 is 0 Å². The molecule has 1 aliphatic heterocycles. The van der Waals surface area contributed by atoms with E-state index in [0.717, 1.165) is 19.3 Å². The first kappa shape index (κ1) is 14.3. The molecular formula is C14H19FN2OS. The minimum atomic E-state index is -0.521. The molecule has 2 unspecified atom stereocenters. The molecule has 1 aliphatic rings. The van der Waals surface area contributed by atoms with Crippen LogP contribution in [0.15, 0.2) is 23.1 Å². The number of rotatable bonds is 2. The van der Waals surface area contributed by atoms with Crippen molar-refractivity contribution >= 4 is 18.5 Å². The number of halogens is 1. The van der Waals surface area contributed by atoms with Crippen molar-refractivity contribution < 1.29 is 9.18 Å². The van der Waals surface area contributed by atoms with Gasteiger partial charge in [-0.3, -0.25) is 10.2 Å². The number of nitrogens with zero attached hydrogens (tertiary/aromatic N) is 1. The van der Waals surface area contributed by atoms with Crippen LogP contribution in [0, 0.1) is 5.82 Å². The predicted molar refractivity (Wildman–Crippen MR) is 75.7 cm³/mol. The zero-order chi connectivity index (χ0) is 14.0. The van der Waals surface area contributed by atoms with Gasteiger partial charge in [-0.15, -0.1) is 12.6 Å². The molecule has 0 spiro atoms. The zero-order valence-electron chi connectivity index (χ0n) is 11.2. The molecule has 104 valence electrons. The highest BCUT2D eigenvalue weighted by Gasteiger charge is 2.27. The number of amides is 1. The molecule has 0 aliphatic carbocycles. The van der Waals surface area contributed by atoms with Gasteiger partial charge in [0.15, 0.2) is 0 Å². The standard InChI is InChI=1S/C14H19FN2OS/c1-9-4-3-5-10(2)17(9)16-14(18)12-8-11(19)6-7-13(12)15/h6-10,19H,3-5H2,1-2H3,(H,16,18). The van der Waals surface area contributed by atoms with Crippen LogP contribution in [-0.4, -0.2) is 23.0 Å². The van der Waals surface area contributed by atoms with Crippen molar-refractivity contribution in [1.82, 2.24) is 10.4 Å². The number of hydrogen-bond acceptors (Lipinski definition) is 3. The molecule has 5 heteroatoms. The van der Waals surface area contributed by atoms with Crippen molar-refractivity contribution in [3.63, 3.8) is 0 Å². The van der Waals surface area contributed by atoms with Crippen LogP contribution in [0.5, 0.6) is 0 Å². The van der Waals surface area contributed by atoms with Crippen LogP contribution in [0.4, 0.5) is 4.39 Å². The van der Waals surface area contributed by atoms with E-state index in [0.29, 0.717) is 4.90 Å². The van der Waals surface area contributed by atoms with Gasteiger partial charge in [0.1, 0.15) is 5.82 Å². The zero-order valence-corrected chi connectivity index (χ0v) is 12.1. The third-order valence-electron chi connectivity index (χ3n) is 3.62. The van der Waals surface area contributed by atoms with E-state index in [4.69, 9.17) is 0 Å². The van der Waals surface area contributed by atoms with Gasteiger partial charge in [-0.1, -0.05) is 6.42 Å². The van der Waals surface area contributed by atoms with Crippen LogP contribution < -0.4 is 5.43 Å². The van der Waals surface area contributed by atoms with E-state index in [1.54, 1.807) is 0 Å².